The Morgan fingerprint density at radius 1 is 1.42 bits per heavy atom. The molecule has 2 atom stereocenters. The van der Waals surface area contributed by atoms with E-state index in [4.69, 9.17) is 23.2 Å². The van der Waals surface area contributed by atoms with Crippen LogP contribution in [0.25, 0.3) is 0 Å². The SMILES string of the molecule is CC(NC(=O)c1ccn(C2CCCNC2)n1)c1cccc(Cl)c1Cl. The van der Waals surface area contributed by atoms with Crippen LogP contribution in [-0.2, 0) is 0 Å². The van der Waals surface area contributed by atoms with Crippen LogP contribution in [0.4, 0.5) is 0 Å². The molecule has 2 N–H and O–H groups in total. The van der Waals surface area contributed by atoms with Crippen LogP contribution < -0.4 is 10.6 Å². The second kappa shape index (κ2) is 7.55. The van der Waals surface area contributed by atoms with E-state index in [2.05, 4.69) is 15.7 Å². The average molecular weight is 367 g/mol. The van der Waals surface area contributed by atoms with Crippen molar-refractivity contribution in [3.63, 3.8) is 0 Å². The molecule has 24 heavy (non-hydrogen) atoms. The van der Waals surface area contributed by atoms with Crippen molar-refractivity contribution < 1.29 is 4.79 Å². The van der Waals surface area contributed by atoms with Gasteiger partial charge in [0.25, 0.3) is 5.91 Å². The summed E-state index contributed by atoms with van der Waals surface area (Å²) >= 11 is 12.2. The molecular weight excluding hydrogens is 347 g/mol. The molecule has 1 fully saturated rings. The van der Waals surface area contributed by atoms with Crippen molar-refractivity contribution in [2.45, 2.75) is 31.8 Å². The molecule has 0 bridgehead atoms. The summed E-state index contributed by atoms with van der Waals surface area (Å²) in [4.78, 5) is 12.4. The van der Waals surface area contributed by atoms with Crippen LogP contribution in [-0.4, -0.2) is 28.8 Å². The molecule has 0 radical (unpaired) electrons. The Kier molecular flexibility index (Phi) is 5.43. The molecule has 1 aliphatic heterocycles. The number of carbonyl (C=O) groups excluding carboxylic acids is 1. The molecule has 1 aromatic heterocycles. The van der Waals surface area contributed by atoms with E-state index < -0.39 is 0 Å². The number of benzene rings is 1. The second-order valence-electron chi connectivity index (χ2n) is 6.02. The maximum atomic E-state index is 12.4. The van der Waals surface area contributed by atoms with Gasteiger partial charge in [-0.1, -0.05) is 35.3 Å². The first-order chi connectivity index (χ1) is 11.6. The number of aromatic nitrogens is 2. The summed E-state index contributed by atoms with van der Waals surface area (Å²) < 4.78 is 1.87. The minimum Gasteiger partial charge on any atom is -0.344 e. The number of hydrogen-bond acceptors (Lipinski definition) is 3. The van der Waals surface area contributed by atoms with Crippen LogP contribution in [0.15, 0.2) is 30.5 Å². The lowest BCUT2D eigenvalue weighted by atomic mass is 10.1. The molecule has 0 aliphatic carbocycles. The van der Waals surface area contributed by atoms with E-state index in [1.54, 1.807) is 12.1 Å². The molecule has 1 saturated heterocycles. The monoisotopic (exact) mass is 366 g/mol. The van der Waals surface area contributed by atoms with Crippen molar-refractivity contribution in [1.82, 2.24) is 20.4 Å². The number of hydrogen-bond donors (Lipinski definition) is 2. The van der Waals surface area contributed by atoms with Crippen LogP contribution in [0.3, 0.4) is 0 Å². The molecule has 7 heteroatoms. The van der Waals surface area contributed by atoms with Crippen LogP contribution in [0.5, 0.6) is 0 Å². The number of piperidine rings is 1. The third-order valence-electron chi connectivity index (χ3n) is 4.28. The third-order valence-corrected chi connectivity index (χ3v) is 5.12. The first-order valence-corrected chi connectivity index (χ1v) is 8.82. The number of rotatable bonds is 4. The van der Waals surface area contributed by atoms with E-state index in [9.17, 15) is 4.79 Å². The maximum absolute atomic E-state index is 12.4. The summed E-state index contributed by atoms with van der Waals surface area (Å²) in [6.07, 6.45) is 4.06. The number of nitrogens with zero attached hydrogens (tertiary/aromatic N) is 2. The fourth-order valence-electron chi connectivity index (χ4n) is 2.92. The summed E-state index contributed by atoms with van der Waals surface area (Å²) in [6.45, 7) is 3.80. The van der Waals surface area contributed by atoms with E-state index >= 15 is 0 Å². The second-order valence-corrected chi connectivity index (χ2v) is 6.80. The topological polar surface area (TPSA) is 59.0 Å². The highest BCUT2D eigenvalue weighted by atomic mass is 35.5. The predicted octanol–water partition coefficient (Wildman–Crippen LogP) is 3.61. The van der Waals surface area contributed by atoms with Crippen LogP contribution in [0.2, 0.25) is 10.0 Å². The first-order valence-electron chi connectivity index (χ1n) is 8.07. The van der Waals surface area contributed by atoms with Crippen LogP contribution in [0, 0.1) is 0 Å². The number of nitrogens with one attached hydrogen (secondary N) is 2. The molecule has 2 aromatic rings. The Morgan fingerprint density at radius 2 is 2.25 bits per heavy atom. The number of carbonyl (C=O) groups is 1. The molecule has 3 rings (SSSR count). The van der Waals surface area contributed by atoms with E-state index in [0.29, 0.717) is 21.8 Å². The lowest BCUT2D eigenvalue weighted by Gasteiger charge is -2.23. The molecular formula is C17H20Cl2N4O. The molecule has 2 heterocycles. The van der Waals surface area contributed by atoms with E-state index in [0.717, 1.165) is 31.5 Å². The molecule has 2 unspecified atom stereocenters. The van der Waals surface area contributed by atoms with Gasteiger partial charge in [0.15, 0.2) is 0 Å². The molecule has 1 aliphatic rings. The molecule has 1 amide bonds. The van der Waals surface area contributed by atoms with Gasteiger partial charge in [0.05, 0.1) is 22.1 Å². The van der Waals surface area contributed by atoms with Crippen molar-refractivity contribution in [2.24, 2.45) is 0 Å². The highest BCUT2D eigenvalue weighted by Gasteiger charge is 2.20. The Labute approximate surface area is 151 Å². The predicted molar refractivity (Wildman–Crippen MR) is 95.7 cm³/mol. The van der Waals surface area contributed by atoms with E-state index in [1.807, 2.05) is 29.9 Å². The van der Waals surface area contributed by atoms with Gasteiger partial charge in [0.1, 0.15) is 5.69 Å². The highest BCUT2D eigenvalue weighted by molar-refractivity contribution is 6.42. The number of amides is 1. The zero-order valence-corrected chi connectivity index (χ0v) is 14.9. The summed E-state index contributed by atoms with van der Waals surface area (Å²) in [5.41, 5.74) is 1.19. The minimum absolute atomic E-state index is 0.221. The third kappa shape index (κ3) is 3.74. The normalized spacial score (nSPS) is 19.0. The van der Waals surface area contributed by atoms with Gasteiger partial charge >= 0.3 is 0 Å². The van der Waals surface area contributed by atoms with Crippen LogP contribution >= 0.6 is 23.2 Å². The highest BCUT2D eigenvalue weighted by Crippen LogP contribution is 2.29. The minimum atomic E-state index is -0.259. The van der Waals surface area contributed by atoms with Gasteiger partial charge in [-0.3, -0.25) is 9.48 Å². The van der Waals surface area contributed by atoms with Gasteiger partial charge in [0, 0.05) is 12.7 Å². The smallest absolute Gasteiger partial charge is 0.272 e. The quantitative estimate of drug-likeness (QED) is 0.868. The maximum Gasteiger partial charge on any atom is 0.272 e. The molecule has 0 saturated carbocycles. The van der Waals surface area contributed by atoms with Crippen molar-refractivity contribution in [3.05, 3.63) is 51.8 Å². The fraction of sp³-hybridized carbons (Fsp3) is 0.412. The van der Waals surface area contributed by atoms with Gasteiger partial charge < -0.3 is 10.6 Å². The average Bonchev–Trinajstić information content (AvgIpc) is 3.08. The van der Waals surface area contributed by atoms with Gasteiger partial charge in [-0.05, 0) is 44.0 Å². The van der Waals surface area contributed by atoms with Crippen molar-refractivity contribution in [1.29, 1.82) is 0 Å². The largest absolute Gasteiger partial charge is 0.344 e. The summed E-state index contributed by atoms with van der Waals surface area (Å²) in [5, 5.41) is 11.6. The Bertz CT molecular complexity index is 725. The van der Waals surface area contributed by atoms with Crippen LogP contribution in [0.1, 0.15) is 47.9 Å². The molecule has 5 nitrogen and oxygen atoms in total. The Morgan fingerprint density at radius 3 is 3.00 bits per heavy atom. The number of halogens is 2. The van der Waals surface area contributed by atoms with Gasteiger partial charge in [-0.15, -0.1) is 0 Å². The zero-order chi connectivity index (χ0) is 17.1. The van der Waals surface area contributed by atoms with E-state index in [-0.39, 0.29) is 11.9 Å². The molecule has 0 spiro atoms. The summed E-state index contributed by atoms with van der Waals surface area (Å²) in [5.74, 6) is -0.221. The van der Waals surface area contributed by atoms with Crippen molar-refractivity contribution >= 4 is 29.1 Å². The Hall–Kier alpha value is -1.56. The summed E-state index contributed by atoms with van der Waals surface area (Å²) in [7, 11) is 0. The lowest BCUT2D eigenvalue weighted by molar-refractivity contribution is 0.0933. The molecule has 128 valence electrons. The van der Waals surface area contributed by atoms with Gasteiger partial charge in [-0.2, -0.15) is 5.10 Å². The molecule has 1 aromatic carbocycles. The summed E-state index contributed by atoms with van der Waals surface area (Å²) in [6, 6.07) is 7.19. The zero-order valence-electron chi connectivity index (χ0n) is 13.4. The van der Waals surface area contributed by atoms with Crippen molar-refractivity contribution in [2.75, 3.05) is 13.1 Å². The van der Waals surface area contributed by atoms with Crippen molar-refractivity contribution in [3.8, 4) is 0 Å². The Balaban J connectivity index is 1.68. The lowest BCUT2D eigenvalue weighted by Crippen LogP contribution is -2.32. The first kappa shape index (κ1) is 17.3. The van der Waals surface area contributed by atoms with Gasteiger partial charge in [-0.25, -0.2) is 0 Å². The van der Waals surface area contributed by atoms with Gasteiger partial charge in [0.2, 0.25) is 0 Å². The van der Waals surface area contributed by atoms with E-state index in [1.165, 1.54) is 0 Å². The fourth-order valence-corrected chi connectivity index (χ4v) is 3.40. The standard InChI is InChI=1S/C17H20Cl2N4O/c1-11(13-5-2-6-14(18)16(13)19)21-17(24)15-7-9-23(22-15)12-4-3-8-20-10-12/h2,5-7,9,11-12,20H,3-4,8,10H2,1H3,(H,21,24).